The van der Waals surface area contributed by atoms with Gasteiger partial charge in [-0.1, -0.05) is 0 Å². The summed E-state index contributed by atoms with van der Waals surface area (Å²) >= 11 is 0.834. The number of amides is 2. The van der Waals surface area contributed by atoms with Crippen molar-refractivity contribution >= 4 is 29.1 Å². The topological polar surface area (TPSA) is 122 Å². The summed E-state index contributed by atoms with van der Waals surface area (Å²) in [7, 11) is 0. The van der Waals surface area contributed by atoms with Crippen molar-refractivity contribution in [2.24, 2.45) is 5.73 Å². The highest BCUT2D eigenvalue weighted by Crippen LogP contribution is 2.09. The molecule has 16 heavy (non-hydrogen) atoms. The van der Waals surface area contributed by atoms with Gasteiger partial charge in [0.2, 0.25) is 10.9 Å². The first-order chi connectivity index (χ1) is 7.41. The molecule has 1 rings (SSSR count). The molecular weight excluding hydrogens is 234 g/mol. The lowest BCUT2D eigenvalue weighted by molar-refractivity contribution is -0.119. The standard InChI is InChI=1S/C8H9N3O4S/c1-3(5(9)12)10-6(13)4-2-16-7(11-4)8(14)15/h2-3H,1H3,(H2,9,12)(H,10,13)(H,14,15). The molecule has 0 aliphatic heterocycles. The second-order valence-corrected chi connectivity index (χ2v) is 3.80. The Hall–Kier alpha value is -1.96. The molecular formula is C8H9N3O4S. The van der Waals surface area contributed by atoms with Crippen LogP contribution >= 0.6 is 11.3 Å². The molecule has 7 nitrogen and oxygen atoms in total. The van der Waals surface area contributed by atoms with Crippen LogP contribution in [0.1, 0.15) is 27.2 Å². The van der Waals surface area contributed by atoms with Crippen LogP contribution in [-0.2, 0) is 4.79 Å². The van der Waals surface area contributed by atoms with E-state index < -0.39 is 23.8 Å². The minimum atomic E-state index is -1.20. The summed E-state index contributed by atoms with van der Waals surface area (Å²) in [6.45, 7) is 1.42. The zero-order valence-corrected chi connectivity index (χ0v) is 9.08. The molecule has 0 radical (unpaired) electrons. The third kappa shape index (κ3) is 2.76. The van der Waals surface area contributed by atoms with Gasteiger partial charge in [0.25, 0.3) is 5.91 Å². The number of carboxylic acids is 1. The fourth-order valence-corrected chi connectivity index (χ4v) is 1.45. The lowest BCUT2D eigenvalue weighted by atomic mass is 10.3. The molecule has 0 aliphatic carbocycles. The van der Waals surface area contributed by atoms with Gasteiger partial charge in [0, 0.05) is 5.38 Å². The van der Waals surface area contributed by atoms with Crippen molar-refractivity contribution in [3.63, 3.8) is 0 Å². The van der Waals surface area contributed by atoms with E-state index in [0.717, 1.165) is 11.3 Å². The predicted molar refractivity (Wildman–Crippen MR) is 55.2 cm³/mol. The van der Waals surface area contributed by atoms with Crippen LogP contribution in [-0.4, -0.2) is 33.9 Å². The molecule has 8 heteroatoms. The number of carboxylic acid groups (broad SMARTS) is 1. The molecule has 0 aromatic carbocycles. The van der Waals surface area contributed by atoms with E-state index in [2.05, 4.69) is 10.3 Å². The van der Waals surface area contributed by atoms with Gasteiger partial charge >= 0.3 is 5.97 Å². The average Bonchev–Trinajstić information content (AvgIpc) is 2.65. The van der Waals surface area contributed by atoms with Gasteiger partial charge in [-0.15, -0.1) is 11.3 Å². The molecule has 0 aliphatic rings. The normalized spacial score (nSPS) is 11.8. The van der Waals surface area contributed by atoms with E-state index >= 15 is 0 Å². The highest BCUT2D eigenvalue weighted by molar-refractivity contribution is 7.11. The van der Waals surface area contributed by atoms with Crippen molar-refractivity contribution in [1.29, 1.82) is 0 Å². The van der Waals surface area contributed by atoms with Gasteiger partial charge < -0.3 is 16.2 Å². The van der Waals surface area contributed by atoms with Crippen molar-refractivity contribution in [1.82, 2.24) is 10.3 Å². The number of hydrogen-bond acceptors (Lipinski definition) is 5. The monoisotopic (exact) mass is 243 g/mol. The fraction of sp³-hybridized carbons (Fsp3) is 0.250. The fourth-order valence-electron chi connectivity index (χ4n) is 0.818. The SMILES string of the molecule is CC(NC(=O)c1csc(C(=O)O)n1)C(N)=O. The number of thiazole rings is 1. The molecule has 0 spiro atoms. The number of nitrogens with two attached hydrogens (primary N) is 1. The molecule has 0 saturated carbocycles. The number of aromatic nitrogens is 1. The maximum absolute atomic E-state index is 11.4. The van der Waals surface area contributed by atoms with Crippen LogP contribution in [0.15, 0.2) is 5.38 Å². The van der Waals surface area contributed by atoms with Gasteiger partial charge in [-0.3, -0.25) is 9.59 Å². The van der Waals surface area contributed by atoms with E-state index in [4.69, 9.17) is 10.8 Å². The Kier molecular flexibility index (Phi) is 3.56. The number of nitrogens with zero attached hydrogens (tertiary/aromatic N) is 1. The minimum absolute atomic E-state index is 0.0458. The average molecular weight is 243 g/mol. The summed E-state index contributed by atoms with van der Waals surface area (Å²) in [5.74, 6) is -2.51. The Labute approximate surface area is 94.3 Å². The van der Waals surface area contributed by atoms with Crippen LogP contribution in [0.25, 0.3) is 0 Å². The van der Waals surface area contributed by atoms with E-state index in [1.54, 1.807) is 0 Å². The number of carbonyl (C=O) groups excluding carboxylic acids is 2. The van der Waals surface area contributed by atoms with Crippen LogP contribution in [0.5, 0.6) is 0 Å². The van der Waals surface area contributed by atoms with Crippen LogP contribution in [0.4, 0.5) is 0 Å². The molecule has 4 N–H and O–H groups in total. The largest absolute Gasteiger partial charge is 0.476 e. The number of rotatable bonds is 4. The number of nitrogens with one attached hydrogen (secondary N) is 1. The summed E-state index contributed by atoms with van der Waals surface area (Å²) in [4.78, 5) is 36.2. The van der Waals surface area contributed by atoms with Crippen LogP contribution in [0.2, 0.25) is 0 Å². The molecule has 1 heterocycles. The van der Waals surface area contributed by atoms with Gasteiger partial charge in [-0.2, -0.15) is 0 Å². The van der Waals surface area contributed by atoms with Crippen molar-refractivity contribution in [3.05, 3.63) is 16.1 Å². The molecule has 0 fully saturated rings. The van der Waals surface area contributed by atoms with Gasteiger partial charge in [-0.25, -0.2) is 9.78 Å². The van der Waals surface area contributed by atoms with Crippen LogP contribution in [0.3, 0.4) is 0 Å². The summed E-state index contributed by atoms with van der Waals surface area (Å²) in [5.41, 5.74) is 4.90. The quantitative estimate of drug-likeness (QED) is 0.654. The second-order valence-electron chi connectivity index (χ2n) is 2.94. The number of carbonyl (C=O) groups is 3. The highest BCUT2D eigenvalue weighted by atomic mass is 32.1. The third-order valence-electron chi connectivity index (χ3n) is 1.69. The maximum Gasteiger partial charge on any atom is 0.365 e. The Morgan fingerprint density at radius 3 is 2.62 bits per heavy atom. The highest BCUT2D eigenvalue weighted by Gasteiger charge is 2.17. The van der Waals surface area contributed by atoms with Gasteiger partial charge in [0.05, 0.1) is 0 Å². The minimum Gasteiger partial charge on any atom is -0.476 e. The zero-order chi connectivity index (χ0) is 12.3. The Morgan fingerprint density at radius 2 is 2.19 bits per heavy atom. The van der Waals surface area contributed by atoms with Crippen molar-refractivity contribution in [3.8, 4) is 0 Å². The summed E-state index contributed by atoms with van der Waals surface area (Å²) in [6, 6.07) is -0.831. The van der Waals surface area contributed by atoms with Crippen LogP contribution in [0, 0.1) is 0 Å². The van der Waals surface area contributed by atoms with E-state index in [1.165, 1.54) is 12.3 Å². The predicted octanol–water partition coefficient (Wildman–Crippen LogP) is -0.555. The zero-order valence-electron chi connectivity index (χ0n) is 8.26. The lowest BCUT2D eigenvalue weighted by Gasteiger charge is -2.07. The van der Waals surface area contributed by atoms with E-state index in [9.17, 15) is 14.4 Å². The summed E-state index contributed by atoms with van der Waals surface area (Å²) in [5, 5.41) is 12.0. The molecule has 2 amide bonds. The van der Waals surface area contributed by atoms with E-state index in [-0.39, 0.29) is 10.7 Å². The Balaban J connectivity index is 2.73. The first-order valence-electron chi connectivity index (χ1n) is 4.21. The first kappa shape index (κ1) is 12.1. The molecule has 1 unspecified atom stereocenters. The molecule has 0 bridgehead atoms. The first-order valence-corrected chi connectivity index (χ1v) is 5.08. The maximum atomic E-state index is 11.4. The van der Waals surface area contributed by atoms with Crippen molar-refractivity contribution in [2.45, 2.75) is 13.0 Å². The Morgan fingerprint density at radius 1 is 1.56 bits per heavy atom. The lowest BCUT2D eigenvalue weighted by Crippen LogP contribution is -2.42. The second kappa shape index (κ2) is 4.71. The van der Waals surface area contributed by atoms with Crippen molar-refractivity contribution < 1.29 is 19.5 Å². The molecule has 1 aromatic heterocycles. The number of hydrogen-bond donors (Lipinski definition) is 3. The summed E-state index contributed by atoms with van der Waals surface area (Å²) < 4.78 is 0. The summed E-state index contributed by atoms with van der Waals surface area (Å²) in [6.07, 6.45) is 0. The smallest absolute Gasteiger partial charge is 0.365 e. The van der Waals surface area contributed by atoms with Gasteiger partial charge in [-0.05, 0) is 6.92 Å². The Bertz CT molecular complexity index is 442. The molecule has 0 saturated heterocycles. The number of primary amides is 1. The molecule has 1 aromatic rings. The van der Waals surface area contributed by atoms with E-state index in [0.29, 0.717) is 0 Å². The van der Waals surface area contributed by atoms with Crippen molar-refractivity contribution in [2.75, 3.05) is 0 Å². The third-order valence-corrected chi connectivity index (χ3v) is 2.52. The van der Waals surface area contributed by atoms with Gasteiger partial charge in [0.15, 0.2) is 0 Å². The van der Waals surface area contributed by atoms with E-state index in [1.807, 2.05) is 0 Å². The van der Waals surface area contributed by atoms with Crippen LogP contribution < -0.4 is 11.1 Å². The molecule has 86 valence electrons. The molecule has 1 atom stereocenters. The number of aromatic carboxylic acids is 1. The van der Waals surface area contributed by atoms with Gasteiger partial charge in [0.1, 0.15) is 11.7 Å².